The maximum atomic E-state index is 6.05. The summed E-state index contributed by atoms with van der Waals surface area (Å²) in [5.41, 5.74) is 8.68. The minimum atomic E-state index is 0.493. The maximum Gasteiger partial charge on any atom is 0.0448 e. The molecule has 0 radical (unpaired) electrons. The number of nitrogens with zero attached hydrogens (tertiary/aromatic N) is 1. The molecule has 1 aromatic rings. The number of aryl methyl sites for hydroxylation is 1. The highest BCUT2D eigenvalue weighted by molar-refractivity contribution is 7.99. The van der Waals surface area contributed by atoms with Crippen LogP contribution >= 0.6 is 11.8 Å². The van der Waals surface area contributed by atoms with Gasteiger partial charge in [0, 0.05) is 24.8 Å². The van der Waals surface area contributed by atoms with Crippen LogP contribution in [0, 0.1) is 12.8 Å². The van der Waals surface area contributed by atoms with Gasteiger partial charge in [0.1, 0.15) is 0 Å². The van der Waals surface area contributed by atoms with E-state index in [4.69, 9.17) is 5.73 Å². The van der Waals surface area contributed by atoms with E-state index in [0.29, 0.717) is 6.04 Å². The summed E-state index contributed by atoms with van der Waals surface area (Å²) in [5.74, 6) is 3.32. The Balaban J connectivity index is 2.17. The van der Waals surface area contributed by atoms with Crippen molar-refractivity contribution in [1.82, 2.24) is 0 Å². The van der Waals surface area contributed by atoms with Crippen LogP contribution in [-0.2, 0) is 0 Å². The van der Waals surface area contributed by atoms with Crippen LogP contribution < -0.4 is 10.6 Å². The minimum absolute atomic E-state index is 0.493. The van der Waals surface area contributed by atoms with Gasteiger partial charge in [0.25, 0.3) is 0 Å². The molecule has 1 aliphatic heterocycles. The monoisotopic (exact) mass is 264 g/mol. The number of hydrogen-bond donors (Lipinski definition) is 1. The zero-order chi connectivity index (χ0) is 13.0. The molecule has 3 heteroatoms. The Bertz CT molecular complexity index is 357. The van der Waals surface area contributed by atoms with Gasteiger partial charge in [0.2, 0.25) is 0 Å². The third-order valence-corrected chi connectivity index (χ3v) is 5.05. The first-order valence-corrected chi connectivity index (χ1v) is 8.02. The minimum Gasteiger partial charge on any atom is -0.367 e. The van der Waals surface area contributed by atoms with Crippen LogP contribution in [0.25, 0.3) is 0 Å². The van der Waals surface area contributed by atoms with Crippen LogP contribution in [0.15, 0.2) is 24.3 Å². The third-order valence-electron chi connectivity index (χ3n) is 3.86. The number of rotatable bonds is 5. The predicted molar refractivity (Wildman–Crippen MR) is 82.5 cm³/mol. The van der Waals surface area contributed by atoms with Gasteiger partial charge in [-0.15, -0.1) is 0 Å². The largest absolute Gasteiger partial charge is 0.367 e. The van der Waals surface area contributed by atoms with Gasteiger partial charge in [-0.1, -0.05) is 17.7 Å². The van der Waals surface area contributed by atoms with Crippen molar-refractivity contribution in [2.45, 2.75) is 26.3 Å². The van der Waals surface area contributed by atoms with E-state index in [1.165, 1.54) is 29.2 Å². The average Bonchev–Trinajstić information content (AvgIpc) is 2.91. The molecule has 2 atom stereocenters. The smallest absolute Gasteiger partial charge is 0.0448 e. The summed E-state index contributed by atoms with van der Waals surface area (Å²) in [6.45, 7) is 6.15. The second-order valence-corrected chi connectivity index (χ2v) is 6.20. The fraction of sp³-hybridized carbons (Fsp3) is 0.600. The highest BCUT2D eigenvalue weighted by atomic mass is 32.2. The molecule has 0 aliphatic carbocycles. The molecular weight excluding hydrogens is 240 g/mol. The van der Waals surface area contributed by atoms with Gasteiger partial charge >= 0.3 is 0 Å². The lowest BCUT2D eigenvalue weighted by Gasteiger charge is -2.36. The lowest BCUT2D eigenvalue weighted by atomic mass is 9.97. The first kappa shape index (κ1) is 13.8. The molecule has 1 saturated heterocycles. The molecule has 2 rings (SSSR count). The zero-order valence-electron chi connectivity index (χ0n) is 11.4. The van der Waals surface area contributed by atoms with Crippen LogP contribution in [0.4, 0.5) is 5.69 Å². The molecule has 0 saturated carbocycles. The van der Waals surface area contributed by atoms with E-state index in [9.17, 15) is 0 Å². The quantitative estimate of drug-likeness (QED) is 0.886. The highest BCUT2D eigenvalue weighted by Crippen LogP contribution is 2.30. The van der Waals surface area contributed by atoms with E-state index in [-0.39, 0.29) is 0 Å². The van der Waals surface area contributed by atoms with Crippen molar-refractivity contribution >= 4 is 17.4 Å². The van der Waals surface area contributed by atoms with Crippen LogP contribution in [0.3, 0.4) is 0 Å². The molecule has 2 unspecified atom stereocenters. The fourth-order valence-electron chi connectivity index (χ4n) is 2.78. The average molecular weight is 264 g/mol. The Morgan fingerprint density at radius 1 is 1.39 bits per heavy atom. The highest BCUT2D eigenvalue weighted by Gasteiger charge is 2.28. The van der Waals surface area contributed by atoms with Gasteiger partial charge in [-0.3, -0.25) is 0 Å². The van der Waals surface area contributed by atoms with Gasteiger partial charge in [0.15, 0.2) is 0 Å². The number of benzene rings is 1. The molecule has 1 fully saturated rings. The maximum absolute atomic E-state index is 6.05. The molecule has 0 amide bonds. The van der Waals surface area contributed by atoms with Crippen LogP contribution in [0.1, 0.15) is 18.9 Å². The topological polar surface area (TPSA) is 29.3 Å². The first-order chi connectivity index (χ1) is 8.76. The van der Waals surface area contributed by atoms with Crippen molar-refractivity contribution in [2.75, 3.05) is 29.5 Å². The van der Waals surface area contributed by atoms with E-state index >= 15 is 0 Å². The van der Waals surface area contributed by atoms with Crippen molar-refractivity contribution in [1.29, 1.82) is 0 Å². The summed E-state index contributed by atoms with van der Waals surface area (Å²) in [5, 5.41) is 0. The van der Waals surface area contributed by atoms with E-state index in [1.54, 1.807) is 0 Å². The fourth-order valence-corrected chi connectivity index (χ4v) is 4.10. The van der Waals surface area contributed by atoms with Crippen LogP contribution in [0.5, 0.6) is 0 Å². The van der Waals surface area contributed by atoms with Crippen LogP contribution in [0.2, 0.25) is 0 Å². The molecule has 0 aromatic heterocycles. The Morgan fingerprint density at radius 3 is 2.61 bits per heavy atom. The van der Waals surface area contributed by atoms with Gasteiger partial charge in [-0.25, -0.2) is 0 Å². The molecule has 0 bridgehead atoms. The second kappa shape index (κ2) is 6.48. The number of anilines is 1. The number of hydrogen-bond acceptors (Lipinski definition) is 3. The van der Waals surface area contributed by atoms with E-state index in [1.807, 2.05) is 0 Å². The lowest BCUT2D eigenvalue weighted by molar-refractivity contribution is 0.442. The second-order valence-electron chi connectivity index (χ2n) is 5.05. The molecule has 1 aliphatic rings. The Labute approximate surface area is 115 Å². The SMILES string of the molecule is CCN(c1ccc(C)cc1)C(CN)C1CCSC1. The zero-order valence-corrected chi connectivity index (χ0v) is 12.2. The predicted octanol–water partition coefficient (Wildman–Crippen LogP) is 2.90. The molecule has 18 heavy (non-hydrogen) atoms. The molecular formula is C15H24N2S. The standard InChI is InChI=1S/C15H24N2S/c1-3-17(14-6-4-12(2)5-7-14)15(10-16)13-8-9-18-11-13/h4-7,13,15H,3,8-11,16H2,1-2H3. The summed E-state index contributed by atoms with van der Waals surface area (Å²) >= 11 is 2.07. The summed E-state index contributed by atoms with van der Waals surface area (Å²) in [4.78, 5) is 2.48. The molecule has 0 spiro atoms. The summed E-state index contributed by atoms with van der Waals surface area (Å²) < 4.78 is 0. The first-order valence-electron chi connectivity index (χ1n) is 6.87. The lowest BCUT2D eigenvalue weighted by Crippen LogP contribution is -2.46. The Kier molecular flexibility index (Phi) is 4.95. The van der Waals surface area contributed by atoms with E-state index in [2.05, 4.69) is 54.8 Å². The van der Waals surface area contributed by atoms with Gasteiger partial charge in [-0.05, 0) is 49.8 Å². The van der Waals surface area contributed by atoms with Crippen molar-refractivity contribution < 1.29 is 0 Å². The molecule has 2 N–H and O–H groups in total. The number of thioether (sulfide) groups is 1. The summed E-state index contributed by atoms with van der Waals surface area (Å²) in [7, 11) is 0. The van der Waals surface area contributed by atoms with Gasteiger partial charge in [-0.2, -0.15) is 11.8 Å². The number of likely N-dealkylation sites (N-methyl/N-ethyl adjacent to an activating group) is 1. The van der Waals surface area contributed by atoms with Crippen molar-refractivity contribution in [2.24, 2.45) is 11.7 Å². The van der Waals surface area contributed by atoms with Crippen molar-refractivity contribution in [3.8, 4) is 0 Å². The van der Waals surface area contributed by atoms with Gasteiger partial charge in [0.05, 0.1) is 0 Å². The third kappa shape index (κ3) is 3.01. The van der Waals surface area contributed by atoms with E-state index < -0.39 is 0 Å². The molecule has 1 aromatic carbocycles. The number of nitrogens with two attached hydrogens (primary N) is 1. The molecule has 2 nitrogen and oxygen atoms in total. The van der Waals surface area contributed by atoms with Crippen molar-refractivity contribution in [3.63, 3.8) is 0 Å². The van der Waals surface area contributed by atoms with Gasteiger partial charge < -0.3 is 10.6 Å². The van der Waals surface area contributed by atoms with Crippen LogP contribution in [-0.4, -0.2) is 30.6 Å². The normalized spacial score (nSPS) is 20.9. The molecule has 100 valence electrons. The molecule has 1 heterocycles. The summed E-state index contributed by atoms with van der Waals surface area (Å²) in [6, 6.07) is 9.32. The summed E-state index contributed by atoms with van der Waals surface area (Å²) in [6.07, 6.45) is 1.31. The Morgan fingerprint density at radius 2 is 2.11 bits per heavy atom. The van der Waals surface area contributed by atoms with E-state index in [0.717, 1.165) is 19.0 Å². The van der Waals surface area contributed by atoms with Crippen molar-refractivity contribution in [3.05, 3.63) is 29.8 Å². The Hall–Kier alpha value is -0.670.